The molecule has 1 atom stereocenters. The Morgan fingerprint density at radius 1 is 1.14 bits per heavy atom. The summed E-state index contributed by atoms with van der Waals surface area (Å²) < 4.78 is 5.90. The van der Waals surface area contributed by atoms with Crippen LogP contribution >= 0.6 is 34.8 Å². The van der Waals surface area contributed by atoms with Crippen LogP contribution < -0.4 is 10.1 Å². The first-order valence-corrected chi connectivity index (χ1v) is 7.68. The van der Waals surface area contributed by atoms with Gasteiger partial charge in [0.1, 0.15) is 12.4 Å². The fourth-order valence-electron chi connectivity index (χ4n) is 1.96. The van der Waals surface area contributed by atoms with Gasteiger partial charge in [-0.05, 0) is 38.2 Å². The van der Waals surface area contributed by atoms with Crippen LogP contribution in [0.5, 0.6) is 5.75 Å². The first-order chi connectivity index (χ1) is 10.0. The first-order valence-electron chi connectivity index (χ1n) is 6.55. The second-order valence-corrected chi connectivity index (χ2v) is 5.92. The molecule has 5 heteroatoms. The largest absolute Gasteiger partial charge is 0.489 e. The number of nitrogens with one attached hydrogen (secondary N) is 1. The zero-order valence-corrected chi connectivity index (χ0v) is 14.1. The molecule has 0 saturated carbocycles. The lowest BCUT2D eigenvalue weighted by Gasteiger charge is -2.17. The molecule has 0 aromatic heterocycles. The second kappa shape index (κ2) is 7.37. The molecule has 2 nitrogen and oxygen atoms in total. The van der Waals surface area contributed by atoms with Gasteiger partial charge in [0.05, 0.1) is 10.0 Å². The average Bonchev–Trinajstić information content (AvgIpc) is 2.49. The van der Waals surface area contributed by atoms with Gasteiger partial charge in [-0.2, -0.15) is 0 Å². The smallest absolute Gasteiger partial charge is 0.124 e. The molecular weight excluding hydrogens is 329 g/mol. The second-order valence-electron chi connectivity index (χ2n) is 4.69. The zero-order chi connectivity index (χ0) is 15.4. The molecule has 0 radical (unpaired) electrons. The van der Waals surface area contributed by atoms with E-state index in [1.54, 1.807) is 6.07 Å². The van der Waals surface area contributed by atoms with Crippen LogP contribution in [0.4, 0.5) is 0 Å². The van der Waals surface area contributed by atoms with Gasteiger partial charge in [0.15, 0.2) is 0 Å². The van der Waals surface area contributed by atoms with Crippen LogP contribution in [0, 0.1) is 0 Å². The maximum atomic E-state index is 6.17. The van der Waals surface area contributed by atoms with E-state index in [0.717, 1.165) is 16.9 Å². The maximum absolute atomic E-state index is 6.17. The molecule has 0 bridgehead atoms. The lowest BCUT2D eigenvalue weighted by atomic mass is 10.1. The highest BCUT2D eigenvalue weighted by Gasteiger charge is 2.12. The van der Waals surface area contributed by atoms with Crippen LogP contribution in [-0.2, 0) is 6.61 Å². The van der Waals surface area contributed by atoms with Gasteiger partial charge in [0, 0.05) is 22.2 Å². The molecule has 0 heterocycles. The van der Waals surface area contributed by atoms with Crippen LogP contribution in [0.3, 0.4) is 0 Å². The topological polar surface area (TPSA) is 21.3 Å². The van der Waals surface area contributed by atoms with E-state index in [1.165, 1.54) is 0 Å². The fourth-order valence-corrected chi connectivity index (χ4v) is 2.52. The Hall–Kier alpha value is -0.930. The summed E-state index contributed by atoms with van der Waals surface area (Å²) in [6.07, 6.45) is 0. The van der Waals surface area contributed by atoms with Crippen molar-refractivity contribution >= 4 is 34.8 Å². The molecule has 2 rings (SSSR count). The molecule has 0 spiro atoms. The van der Waals surface area contributed by atoms with Gasteiger partial charge in [0.2, 0.25) is 0 Å². The Morgan fingerprint density at radius 2 is 1.90 bits per heavy atom. The molecule has 0 saturated heterocycles. The van der Waals surface area contributed by atoms with Crippen molar-refractivity contribution in [2.75, 3.05) is 7.05 Å². The van der Waals surface area contributed by atoms with Crippen molar-refractivity contribution in [3.8, 4) is 5.75 Å². The molecular formula is C16H16Cl3NO. The average molecular weight is 345 g/mol. The summed E-state index contributed by atoms with van der Waals surface area (Å²) in [4.78, 5) is 0. The van der Waals surface area contributed by atoms with Crippen LogP contribution in [0.1, 0.15) is 24.1 Å². The number of rotatable bonds is 5. The first kappa shape index (κ1) is 16.4. The van der Waals surface area contributed by atoms with E-state index in [9.17, 15) is 0 Å². The molecule has 0 amide bonds. The molecule has 2 aromatic rings. The minimum atomic E-state index is 0.133. The summed E-state index contributed by atoms with van der Waals surface area (Å²) in [5, 5.41) is 4.91. The third kappa shape index (κ3) is 4.04. The fraction of sp³-hybridized carbons (Fsp3) is 0.250. The van der Waals surface area contributed by atoms with Gasteiger partial charge in [-0.15, -0.1) is 0 Å². The standard InChI is InChI=1S/C16H16Cl3NO/c1-10(20-2)13-8-12(17)6-7-15(13)21-9-11-4-3-5-14(18)16(11)19/h3-8,10,20H,9H2,1-2H3. The van der Waals surface area contributed by atoms with Crippen LogP contribution in [0.15, 0.2) is 36.4 Å². The quantitative estimate of drug-likeness (QED) is 0.772. The van der Waals surface area contributed by atoms with Crippen LogP contribution in [0.25, 0.3) is 0 Å². The SMILES string of the molecule is CNC(C)c1cc(Cl)ccc1OCc1cccc(Cl)c1Cl. The number of hydrogen-bond acceptors (Lipinski definition) is 2. The highest BCUT2D eigenvalue weighted by atomic mass is 35.5. The lowest BCUT2D eigenvalue weighted by molar-refractivity contribution is 0.300. The number of benzene rings is 2. The molecule has 1 unspecified atom stereocenters. The molecule has 112 valence electrons. The molecule has 21 heavy (non-hydrogen) atoms. The zero-order valence-electron chi connectivity index (χ0n) is 11.8. The summed E-state index contributed by atoms with van der Waals surface area (Å²) in [6, 6.07) is 11.2. The lowest BCUT2D eigenvalue weighted by Crippen LogP contribution is -2.13. The minimum absolute atomic E-state index is 0.133. The highest BCUT2D eigenvalue weighted by Crippen LogP contribution is 2.31. The van der Waals surface area contributed by atoms with Crippen molar-refractivity contribution in [2.45, 2.75) is 19.6 Å². The van der Waals surface area contributed by atoms with Gasteiger partial charge < -0.3 is 10.1 Å². The van der Waals surface area contributed by atoms with Gasteiger partial charge in [-0.1, -0.05) is 46.9 Å². The molecule has 0 fully saturated rings. The van der Waals surface area contributed by atoms with E-state index in [-0.39, 0.29) is 6.04 Å². The summed E-state index contributed by atoms with van der Waals surface area (Å²) in [7, 11) is 1.89. The van der Waals surface area contributed by atoms with Gasteiger partial charge in [-0.3, -0.25) is 0 Å². The van der Waals surface area contributed by atoms with Crippen LogP contribution in [-0.4, -0.2) is 7.05 Å². The van der Waals surface area contributed by atoms with Gasteiger partial charge in [0.25, 0.3) is 0 Å². The van der Waals surface area contributed by atoms with E-state index in [4.69, 9.17) is 39.5 Å². The van der Waals surface area contributed by atoms with Crippen molar-refractivity contribution in [1.29, 1.82) is 0 Å². The Labute approximate surface area is 140 Å². The van der Waals surface area contributed by atoms with Gasteiger partial charge >= 0.3 is 0 Å². The predicted molar refractivity (Wildman–Crippen MR) is 89.7 cm³/mol. The van der Waals surface area contributed by atoms with Crippen molar-refractivity contribution < 1.29 is 4.74 Å². The van der Waals surface area contributed by atoms with Crippen molar-refractivity contribution in [3.05, 3.63) is 62.6 Å². The van der Waals surface area contributed by atoms with Crippen molar-refractivity contribution in [2.24, 2.45) is 0 Å². The number of hydrogen-bond donors (Lipinski definition) is 1. The number of halogens is 3. The molecule has 1 N–H and O–H groups in total. The summed E-state index contributed by atoms with van der Waals surface area (Å²) in [5.41, 5.74) is 1.85. The molecule has 0 aliphatic carbocycles. The Bertz CT molecular complexity index is 631. The van der Waals surface area contributed by atoms with E-state index < -0.39 is 0 Å². The van der Waals surface area contributed by atoms with Gasteiger partial charge in [-0.25, -0.2) is 0 Å². The van der Waals surface area contributed by atoms with Crippen LogP contribution in [0.2, 0.25) is 15.1 Å². The summed E-state index contributed by atoms with van der Waals surface area (Å²) in [6.45, 7) is 2.40. The molecule has 2 aromatic carbocycles. The maximum Gasteiger partial charge on any atom is 0.124 e. The Morgan fingerprint density at radius 3 is 2.62 bits per heavy atom. The minimum Gasteiger partial charge on any atom is -0.489 e. The number of ether oxygens (including phenoxy) is 1. The predicted octanol–water partition coefficient (Wildman–Crippen LogP) is 5.51. The normalized spacial score (nSPS) is 12.2. The molecule has 0 aliphatic heterocycles. The van der Waals surface area contributed by atoms with E-state index in [1.807, 2.05) is 44.3 Å². The van der Waals surface area contributed by atoms with E-state index in [0.29, 0.717) is 21.7 Å². The third-order valence-electron chi connectivity index (χ3n) is 3.29. The Balaban J connectivity index is 2.22. The van der Waals surface area contributed by atoms with E-state index >= 15 is 0 Å². The van der Waals surface area contributed by atoms with E-state index in [2.05, 4.69) is 5.32 Å². The summed E-state index contributed by atoms with van der Waals surface area (Å²) in [5.74, 6) is 0.775. The summed E-state index contributed by atoms with van der Waals surface area (Å²) >= 11 is 18.2. The van der Waals surface area contributed by atoms with Crippen molar-refractivity contribution in [3.63, 3.8) is 0 Å². The third-order valence-corrected chi connectivity index (χ3v) is 4.38. The highest BCUT2D eigenvalue weighted by molar-refractivity contribution is 6.42. The van der Waals surface area contributed by atoms with Crippen molar-refractivity contribution in [1.82, 2.24) is 5.32 Å². The monoisotopic (exact) mass is 343 g/mol. The molecule has 0 aliphatic rings. The Kier molecular flexibility index (Phi) is 5.77.